The van der Waals surface area contributed by atoms with E-state index < -0.39 is 43.3 Å². The van der Waals surface area contributed by atoms with Crippen LogP contribution >= 0.6 is 0 Å². The lowest BCUT2D eigenvalue weighted by Crippen LogP contribution is -2.59. The molecule has 4 N–H and O–H groups in total. The zero-order valence-electron chi connectivity index (χ0n) is 15.6. The van der Waals surface area contributed by atoms with Crippen LogP contribution < -0.4 is 4.74 Å². The van der Waals surface area contributed by atoms with Crippen LogP contribution in [0.2, 0.25) is 0 Å². The fourth-order valence-corrected chi connectivity index (χ4v) is 2.96. The van der Waals surface area contributed by atoms with Crippen molar-refractivity contribution in [2.24, 2.45) is 0 Å². The van der Waals surface area contributed by atoms with Gasteiger partial charge < -0.3 is 34.6 Å². The maximum absolute atomic E-state index is 12.0. The summed E-state index contributed by atoms with van der Waals surface area (Å²) in [7, 11) is 0. The van der Waals surface area contributed by atoms with Crippen LogP contribution in [0, 0.1) is 0 Å². The number of hydrogen-bond acceptors (Lipinski definition) is 8. The van der Waals surface area contributed by atoms with Crippen molar-refractivity contribution in [1.29, 1.82) is 0 Å². The van der Waals surface area contributed by atoms with Gasteiger partial charge in [0.25, 0.3) is 0 Å². The third-order valence-corrected chi connectivity index (χ3v) is 4.66. The molecule has 0 amide bonds. The van der Waals surface area contributed by atoms with Crippen molar-refractivity contribution in [3.8, 4) is 5.75 Å². The number of rotatable bonds is 7. The Morgan fingerprint density at radius 2 is 1.62 bits per heavy atom. The molecule has 1 fully saturated rings. The van der Waals surface area contributed by atoms with E-state index in [2.05, 4.69) is 0 Å². The molecule has 0 aromatic heterocycles. The SMILES string of the molecule is O=C(Oc1ccc(CCO[C@@H]2O[C@H](CO)[C@@H](O)[C@H](O)[C@H]2O)cc1)c1ccccc1. The molecule has 1 aliphatic heterocycles. The average Bonchev–Trinajstić information content (AvgIpc) is 2.75. The molecule has 0 radical (unpaired) electrons. The van der Waals surface area contributed by atoms with Crippen LogP contribution in [0.4, 0.5) is 0 Å². The second-order valence-electron chi connectivity index (χ2n) is 6.72. The van der Waals surface area contributed by atoms with Crippen LogP contribution in [0.15, 0.2) is 54.6 Å². The van der Waals surface area contributed by atoms with Gasteiger partial charge in [-0.3, -0.25) is 0 Å². The number of carbonyl (C=O) groups is 1. The van der Waals surface area contributed by atoms with Crippen LogP contribution in [0.1, 0.15) is 15.9 Å². The summed E-state index contributed by atoms with van der Waals surface area (Å²) in [5.41, 5.74) is 1.36. The van der Waals surface area contributed by atoms with Gasteiger partial charge in [-0.05, 0) is 36.2 Å². The van der Waals surface area contributed by atoms with Crippen LogP contribution in [-0.4, -0.2) is 70.3 Å². The predicted molar refractivity (Wildman–Crippen MR) is 101 cm³/mol. The monoisotopic (exact) mass is 404 g/mol. The molecule has 156 valence electrons. The van der Waals surface area contributed by atoms with E-state index in [1.807, 2.05) is 6.07 Å². The van der Waals surface area contributed by atoms with Crippen molar-refractivity contribution in [1.82, 2.24) is 0 Å². The predicted octanol–water partition coefficient (Wildman–Crippen LogP) is 0.265. The molecule has 5 atom stereocenters. The van der Waals surface area contributed by atoms with Crippen molar-refractivity contribution in [2.45, 2.75) is 37.1 Å². The Morgan fingerprint density at radius 3 is 2.28 bits per heavy atom. The zero-order chi connectivity index (χ0) is 20.8. The molecule has 1 heterocycles. The molecule has 8 nitrogen and oxygen atoms in total. The first-order valence-corrected chi connectivity index (χ1v) is 9.28. The summed E-state index contributed by atoms with van der Waals surface area (Å²) in [5, 5.41) is 38.6. The van der Waals surface area contributed by atoms with Gasteiger partial charge in [0.2, 0.25) is 0 Å². The molecule has 1 aliphatic rings. The number of aliphatic hydroxyl groups excluding tert-OH is 4. The molecule has 29 heavy (non-hydrogen) atoms. The van der Waals surface area contributed by atoms with Gasteiger partial charge in [0.15, 0.2) is 6.29 Å². The molecule has 0 aliphatic carbocycles. The normalized spacial score (nSPS) is 26.8. The molecular weight excluding hydrogens is 380 g/mol. The number of aliphatic hydroxyl groups is 4. The highest BCUT2D eigenvalue weighted by Gasteiger charge is 2.43. The Hall–Kier alpha value is -2.33. The smallest absolute Gasteiger partial charge is 0.343 e. The van der Waals surface area contributed by atoms with Crippen LogP contribution in [0.25, 0.3) is 0 Å². The summed E-state index contributed by atoms with van der Waals surface area (Å²) in [6, 6.07) is 15.6. The maximum atomic E-state index is 12.0. The Kier molecular flexibility index (Phi) is 7.32. The highest BCUT2D eigenvalue weighted by molar-refractivity contribution is 5.90. The largest absolute Gasteiger partial charge is 0.423 e. The van der Waals surface area contributed by atoms with Crippen LogP contribution in [0.5, 0.6) is 5.75 Å². The van der Waals surface area contributed by atoms with Crippen molar-refractivity contribution in [2.75, 3.05) is 13.2 Å². The number of carbonyl (C=O) groups excluding carboxylic acids is 1. The lowest BCUT2D eigenvalue weighted by Gasteiger charge is -2.39. The van der Waals surface area contributed by atoms with Gasteiger partial charge in [-0.15, -0.1) is 0 Å². The molecule has 1 saturated heterocycles. The highest BCUT2D eigenvalue weighted by Crippen LogP contribution is 2.22. The van der Waals surface area contributed by atoms with E-state index in [0.717, 1.165) is 5.56 Å². The number of esters is 1. The van der Waals surface area contributed by atoms with E-state index in [1.165, 1.54) is 0 Å². The molecule has 8 heteroatoms. The second-order valence-corrected chi connectivity index (χ2v) is 6.72. The van der Waals surface area contributed by atoms with Gasteiger partial charge in [0.05, 0.1) is 18.8 Å². The van der Waals surface area contributed by atoms with Gasteiger partial charge in [-0.2, -0.15) is 0 Å². The Labute approximate surface area is 167 Å². The second kappa shape index (κ2) is 9.93. The van der Waals surface area contributed by atoms with Crippen LogP contribution in [0.3, 0.4) is 0 Å². The number of ether oxygens (including phenoxy) is 3. The summed E-state index contributed by atoms with van der Waals surface area (Å²) < 4.78 is 16.1. The Balaban J connectivity index is 1.48. The minimum absolute atomic E-state index is 0.172. The fourth-order valence-electron chi connectivity index (χ4n) is 2.96. The molecular formula is C21H24O8. The third-order valence-electron chi connectivity index (χ3n) is 4.66. The zero-order valence-corrected chi connectivity index (χ0v) is 15.6. The summed E-state index contributed by atoms with van der Waals surface area (Å²) in [6.45, 7) is -0.334. The Bertz CT molecular complexity index is 777. The molecule has 0 saturated carbocycles. The van der Waals surface area contributed by atoms with Crippen LogP contribution in [-0.2, 0) is 15.9 Å². The van der Waals surface area contributed by atoms with Crippen molar-refractivity contribution in [3.63, 3.8) is 0 Å². The van der Waals surface area contributed by atoms with E-state index in [-0.39, 0.29) is 6.61 Å². The van der Waals surface area contributed by atoms with Gasteiger partial charge in [0.1, 0.15) is 30.2 Å². The fraction of sp³-hybridized carbons (Fsp3) is 0.381. The lowest BCUT2D eigenvalue weighted by molar-refractivity contribution is -0.300. The van der Waals surface area contributed by atoms with E-state index >= 15 is 0 Å². The quantitative estimate of drug-likeness (QED) is 0.383. The summed E-state index contributed by atoms with van der Waals surface area (Å²) >= 11 is 0. The van der Waals surface area contributed by atoms with Gasteiger partial charge >= 0.3 is 5.97 Å². The van der Waals surface area contributed by atoms with Crippen molar-refractivity contribution < 1.29 is 39.4 Å². The van der Waals surface area contributed by atoms with Crippen molar-refractivity contribution >= 4 is 5.97 Å². The first-order chi connectivity index (χ1) is 14.0. The Morgan fingerprint density at radius 1 is 0.931 bits per heavy atom. The molecule has 2 aromatic rings. The summed E-state index contributed by atoms with van der Waals surface area (Å²) in [5.74, 6) is -0.0262. The minimum Gasteiger partial charge on any atom is -0.423 e. The van der Waals surface area contributed by atoms with E-state index in [1.54, 1.807) is 48.5 Å². The van der Waals surface area contributed by atoms with Crippen molar-refractivity contribution in [3.05, 3.63) is 65.7 Å². The molecule has 2 aromatic carbocycles. The van der Waals surface area contributed by atoms with Gasteiger partial charge in [-0.25, -0.2) is 4.79 Å². The standard InChI is InChI=1S/C21H24O8/c22-12-16-17(23)18(24)19(25)21(29-16)27-11-10-13-6-8-15(9-7-13)28-20(26)14-4-2-1-3-5-14/h1-9,16-19,21-25H,10-12H2/t16-,17-,18+,19-,21-/m1/s1. The number of benzene rings is 2. The maximum Gasteiger partial charge on any atom is 0.343 e. The van der Waals surface area contributed by atoms with E-state index in [4.69, 9.17) is 14.2 Å². The number of hydrogen-bond donors (Lipinski definition) is 4. The average molecular weight is 404 g/mol. The molecule has 0 bridgehead atoms. The molecule has 0 spiro atoms. The summed E-state index contributed by atoms with van der Waals surface area (Å²) in [4.78, 5) is 12.0. The first kappa shape index (κ1) is 21.4. The van der Waals surface area contributed by atoms with E-state index in [9.17, 15) is 25.2 Å². The molecule has 0 unspecified atom stereocenters. The third kappa shape index (κ3) is 5.39. The lowest BCUT2D eigenvalue weighted by atomic mass is 9.99. The topological polar surface area (TPSA) is 126 Å². The minimum atomic E-state index is -1.47. The summed E-state index contributed by atoms with van der Waals surface area (Å²) in [6.07, 6.45) is -5.99. The molecule has 3 rings (SSSR count). The first-order valence-electron chi connectivity index (χ1n) is 9.28. The van der Waals surface area contributed by atoms with E-state index in [0.29, 0.717) is 17.7 Å². The van der Waals surface area contributed by atoms with Gasteiger partial charge in [-0.1, -0.05) is 30.3 Å². The highest BCUT2D eigenvalue weighted by atomic mass is 16.7. The van der Waals surface area contributed by atoms with Gasteiger partial charge in [0, 0.05) is 0 Å².